The summed E-state index contributed by atoms with van der Waals surface area (Å²) in [6, 6.07) is 0. The summed E-state index contributed by atoms with van der Waals surface area (Å²) in [5, 5.41) is 10.3. The monoisotopic (exact) mass is 232 g/mol. The number of carbonyl (C=O) groups excluding carboxylic acids is 1. The van der Waals surface area contributed by atoms with Crippen LogP contribution in [0.15, 0.2) is 11.1 Å². The second kappa shape index (κ2) is 5.06. The maximum Gasteiger partial charge on any atom is 0.159 e. The third-order valence-electron chi connectivity index (χ3n) is 3.83. The molecule has 0 spiro atoms. The number of rotatable bonds is 0. The highest BCUT2D eigenvalue weighted by atomic mass is 16.3. The number of hydrogen-bond donors (Lipinski definition) is 1. The van der Waals surface area contributed by atoms with Crippen molar-refractivity contribution in [1.82, 2.24) is 0 Å². The second-order valence-corrected chi connectivity index (χ2v) is 5.22. The van der Waals surface area contributed by atoms with Crippen molar-refractivity contribution in [2.75, 3.05) is 0 Å². The van der Waals surface area contributed by atoms with Crippen LogP contribution in [0.3, 0.4) is 0 Å². The van der Waals surface area contributed by atoms with Gasteiger partial charge in [0.1, 0.15) is 5.60 Å². The SMILES string of the molecule is CC1=C(C#CC2(O)CCCCC2)CCCC1=O. The van der Waals surface area contributed by atoms with Crippen LogP contribution in [0.25, 0.3) is 0 Å². The molecule has 0 bridgehead atoms. The first-order chi connectivity index (χ1) is 8.11. The van der Waals surface area contributed by atoms with Crippen LogP contribution in [-0.4, -0.2) is 16.5 Å². The van der Waals surface area contributed by atoms with E-state index in [9.17, 15) is 9.90 Å². The highest BCUT2D eigenvalue weighted by molar-refractivity contribution is 5.97. The fraction of sp³-hybridized carbons (Fsp3) is 0.667. The summed E-state index contributed by atoms with van der Waals surface area (Å²) < 4.78 is 0. The molecule has 1 N–H and O–H groups in total. The van der Waals surface area contributed by atoms with Crippen LogP contribution in [-0.2, 0) is 4.79 Å². The first kappa shape index (κ1) is 12.4. The molecule has 2 aliphatic carbocycles. The van der Waals surface area contributed by atoms with Gasteiger partial charge in [-0.3, -0.25) is 4.79 Å². The lowest BCUT2D eigenvalue weighted by atomic mass is 9.84. The van der Waals surface area contributed by atoms with Crippen LogP contribution < -0.4 is 0 Å². The zero-order valence-electron chi connectivity index (χ0n) is 10.5. The van der Waals surface area contributed by atoms with Gasteiger partial charge < -0.3 is 5.11 Å². The lowest BCUT2D eigenvalue weighted by Gasteiger charge is -2.26. The molecule has 2 nitrogen and oxygen atoms in total. The largest absolute Gasteiger partial charge is 0.378 e. The Labute approximate surface area is 103 Å². The molecule has 0 aromatic heterocycles. The maximum absolute atomic E-state index is 11.5. The van der Waals surface area contributed by atoms with Crippen molar-refractivity contribution < 1.29 is 9.90 Å². The molecule has 0 aromatic rings. The zero-order chi connectivity index (χ0) is 12.3. The minimum absolute atomic E-state index is 0.219. The summed E-state index contributed by atoms with van der Waals surface area (Å²) in [6.45, 7) is 1.86. The Morgan fingerprint density at radius 2 is 1.82 bits per heavy atom. The third-order valence-corrected chi connectivity index (χ3v) is 3.83. The van der Waals surface area contributed by atoms with Crippen LogP contribution >= 0.6 is 0 Å². The molecule has 0 aromatic carbocycles. The van der Waals surface area contributed by atoms with Gasteiger partial charge in [0, 0.05) is 17.6 Å². The molecule has 92 valence electrons. The van der Waals surface area contributed by atoms with E-state index < -0.39 is 5.60 Å². The standard InChI is InChI=1S/C15H20O2/c1-12-13(6-5-7-14(12)16)8-11-15(17)9-3-2-4-10-15/h17H,2-7,9-10H2,1H3. The van der Waals surface area contributed by atoms with E-state index in [2.05, 4.69) is 11.8 Å². The Morgan fingerprint density at radius 1 is 1.12 bits per heavy atom. The number of aliphatic hydroxyl groups is 1. The van der Waals surface area contributed by atoms with Crippen molar-refractivity contribution >= 4 is 5.78 Å². The smallest absolute Gasteiger partial charge is 0.159 e. The Kier molecular flexibility index (Phi) is 3.69. The summed E-state index contributed by atoms with van der Waals surface area (Å²) in [6.07, 6.45) is 7.32. The van der Waals surface area contributed by atoms with E-state index in [4.69, 9.17) is 0 Å². The highest BCUT2D eigenvalue weighted by Crippen LogP contribution is 2.28. The van der Waals surface area contributed by atoms with E-state index in [0.29, 0.717) is 6.42 Å². The Hall–Kier alpha value is -1.07. The van der Waals surface area contributed by atoms with E-state index in [-0.39, 0.29) is 5.78 Å². The fourth-order valence-electron chi connectivity index (χ4n) is 2.58. The molecule has 0 heterocycles. The van der Waals surface area contributed by atoms with Gasteiger partial charge in [-0.05, 0) is 45.4 Å². The van der Waals surface area contributed by atoms with E-state index in [1.54, 1.807) is 0 Å². The molecule has 2 heteroatoms. The van der Waals surface area contributed by atoms with Crippen LogP contribution in [0.4, 0.5) is 0 Å². The summed E-state index contributed by atoms with van der Waals surface area (Å²) in [4.78, 5) is 11.5. The van der Waals surface area contributed by atoms with Gasteiger partial charge in [0.2, 0.25) is 0 Å². The lowest BCUT2D eigenvalue weighted by Crippen LogP contribution is -2.29. The van der Waals surface area contributed by atoms with Crippen LogP contribution in [0.1, 0.15) is 58.3 Å². The molecular formula is C15H20O2. The molecule has 1 saturated carbocycles. The van der Waals surface area contributed by atoms with Crippen molar-refractivity contribution in [2.45, 2.75) is 63.9 Å². The van der Waals surface area contributed by atoms with Gasteiger partial charge in [-0.2, -0.15) is 0 Å². The molecule has 0 radical (unpaired) electrons. The van der Waals surface area contributed by atoms with E-state index in [0.717, 1.165) is 49.7 Å². The van der Waals surface area contributed by atoms with Crippen molar-refractivity contribution in [3.05, 3.63) is 11.1 Å². The quantitative estimate of drug-likeness (QED) is 0.652. The van der Waals surface area contributed by atoms with E-state index in [1.807, 2.05) is 6.92 Å². The normalized spacial score (nSPS) is 24.2. The first-order valence-electron chi connectivity index (χ1n) is 6.59. The topological polar surface area (TPSA) is 37.3 Å². The summed E-state index contributed by atoms with van der Waals surface area (Å²) in [7, 11) is 0. The minimum Gasteiger partial charge on any atom is -0.378 e. The Bertz CT molecular complexity index is 400. The van der Waals surface area contributed by atoms with E-state index in [1.165, 1.54) is 6.42 Å². The lowest BCUT2D eigenvalue weighted by molar-refractivity contribution is -0.116. The molecule has 1 fully saturated rings. The Morgan fingerprint density at radius 3 is 2.53 bits per heavy atom. The predicted molar refractivity (Wildman–Crippen MR) is 67.4 cm³/mol. The van der Waals surface area contributed by atoms with Crippen molar-refractivity contribution in [3.63, 3.8) is 0 Å². The summed E-state index contributed by atoms with van der Waals surface area (Å²) in [5.41, 5.74) is 0.954. The molecule has 0 amide bonds. The van der Waals surface area contributed by atoms with Crippen LogP contribution in [0.2, 0.25) is 0 Å². The number of carbonyl (C=O) groups is 1. The number of ketones is 1. The van der Waals surface area contributed by atoms with Crippen LogP contribution in [0, 0.1) is 11.8 Å². The molecule has 2 rings (SSSR count). The molecule has 0 unspecified atom stereocenters. The average Bonchev–Trinajstić information content (AvgIpc) is 2.32. The van der Waals surface area contributed by atoms with Gasteiger partial charge in [-0.1, -0.05) is 18.3 Å². The number of Topliss-reactive ketones (excluding diaryl/α,β-unsaturated/α-hetero) is 1. The van der Waals surface area contributed by atoms with Gasteiger partial charge in [-0.15, -0.1) is 0 Å². The second-order valence-electron chi connectivity index (χ2n) is 5.22. The van der Waals surface area contributed by atoms with Crippen molar-refractivity contribution in [1.29, 1.82) is 0 Å². The van der Waals surface area contributed by atoms with Crippen molar-refractivity contribution in [2.24, 2.45) is 0 Å². The Balaban J connectivity index is 2.15. The molecule has 0 atom stereocenters. The third kappa shape index (κ3) is 2.98. The van der Waals surface area contributed by atoms with Crippen molar-refractivity contribution in [3.8, 4) is 11.8 Å². The van der Waals surface area contributed by atoms with Gasteiger partial charge in [0.15, 0.2) is 5.78 Å². The van der Waals surface area contributed by atoms with Crippen LogP contribution in [0.5, 0.6) is 0 Å². The summed E-state index contributed by atoms with van der Waals surface area (Å²) >= 11 is 0. The number of hydrogen-bond acceptors (Lipinski definition) is 2. The summed E-state index contributed by atoms with van der Waals surface area (Å²) in [5.74, 6) is 6.30. The molecule has 2 aliphatic rings. The average molecular weight is 232 g/mol. The molecule has 0 aliphatic heterocycles. The highest BCUT2D eigenvalue weighted by Gasteiger charge is 2.26. The molecule has 17 heavy (non-hydrogen) atoms. The van der Waals surface area contributed by atoms with Gasteiger partial charge in [0.05, 0.1) is 0 Å². The maximum atomic E-state index is 11.5. The number of allylic oxidation sites excluding steroid dienone is 2. The zero-order valence-corrected chi connectivity index (χ0v) is 10.5. The van der Waals surface area contributed by atoms with Gasteiger partial charge in [-0.25, -0.2) is 0 Å². The minimum atomic E-state index is -0.800. The fourth-order valence-corrected chi connectivity index (χ4v) is 2.58. The van der Waals surface area contributed by atoms with E-state index >= 15 is 0 Å². The molecular weight excluding hydrogens is 212 g/mol. The van der Waals surface area contributed by atoms with Gasteiger partial charge >= 0.3 is 0 Å². The van der Waals surface area contributed by atoms with Gasteiger partial charge in [0.25, 0.3) is 0 Å². The first-order valence-corrected chi connectivity index (χ1v) is 6.59. The predicted octanol–water partition coefficient (Wildman–Crippen LogP) is 2.75. The molecule has 0 saturated heterocycles.